The van der Waals surface area contributed by atoms with E-state index in [1.807, 2.05) is 36.4 Å². The van der Waals surface area contributed by atoms with Crippen molar-refractivity contribution in [3.05, 3.63) is 54.6 Å². The van der Waals surface area contributed by atoms with Crippen molar-refractivity contribution in [3.8, 4) is 0 Å². The Hall–Kier alpha value is -1.55. The van der Waals surface area contributed by atoms with Gasteiger partial charge in [-0.25, -0.2) is 4.99 Å². The van der Waals surface area contributed by atoms with Crippen LogP contribution in [0.25, 0.3) is 0 Å². The second-order valence-electron chi connectivity index (χ2n) is 6.51. The van der Waals surface area contributed by atoms with Gasteiger partial charge in [0.2, 0.25) is 0 Å². The molecule has 2 aromatic rings. The number of guanidine groups is 1. The molecule has 1 saturated carbocycles. The van der Waals surface area contributed by atoms with Gasteiger partial charge in [0.05, 0.1) is 0 Å². The van der Waals surface area contributed by atoms with Gasteiger partial charge in [-0.1, -0.05) is 24.3 Å². The summed E-state index contributed by atoms with van der Waals surface area (Å²) in [7, 11) is 1.96. The van der Waals surface area contributed by atoms with E-state index in [0.717, 1.165) is 24.2 Å². The summed E-state index contributed by atoms with van der Waals surface area (Å²) in [6.07, 6.45) is 4.27. The van der Waals surface area contributed by atoms with Gasteiger partial charge in [0, 0.05) is 29.8 Å². The highest BCUT2D eigenvalue weighted by atomic mass is 127. The third-order valence-electron chi connectivity index (χ3n) is 4.44. The fraction of sp³-hybridized carbons (Fsp3) is 0.421. The molecule has 2 N–H and O–H groups in total. The summed E-state index contributed by atoms with van der Waals surface area (Å²) in [4.78, 5) is 5.98. The number of nitrogens with one attached hydrogen (secondary N) is 2. The highest BCUT2D eigenvalue weighted by Gasteiger charge is 2.43. The van der Waals surface area contributed by atoms with Crippen molar-refractivity contribution in [2.75, 3.05) is 13.1 Å². The molecule has 1 aliphatic rings. The van der Waals surface area contributed by atoms with Crippen LogP contribution in [0.15, 0.2) is 52.9 Å². The van der Waals surface area contributed by atoms with Crippen molar-refractivity contribution in [1.82, 2.24) is 25.4 Å². The maximum absolute atomic E-state index is 4.66. The Morgan fingerprint density at radius 1 is 1.30 bits per heavy atom. The average molecular weight is 498 g/mol. The molecular weight excluding hydrogens is 471 g/mol. The number of halogens is 1. The van der Waals surface area contributed by atoms with E-state index in [0.29, 0.717) is 13.1 Å². The Morgan fingerprint density at radius 2 is 2.04 bits per heavy atom. The highest BCUT2D eigenvalue weighted by molar-refractivity contribution is 14.0. The van der Waals surface area contributed by atoms with Gasteiger partial charge >= 0.3 is 0 Å². The summed E-state index contributed by atoms with van der Waals surface area (Å²) in [5.41, 5.74) is 0. The number of aryl methyl sites for hydroxylation is 1. The Bertz CT molecular complexity index is 770. The first-order valence-electron chi connectivity index (χ1n) is 8.84. The molecule has 1 aromatic carbocycles. The maximum atomic E-state index is 4.66. The zero-order valence-electron chi connectivity index (χ0n) is 15.8. The second kappa shape index (κ2) is 10.1. The summed E-state index contributed by atoms with van der Waals surface area (Å²) in [5, 5.41) is 15.0. The molecule has 1 fully saturated rings. The lowest BCUT2D eigenvalue weighted by Crippen LogP contribution is -2.41. The van der Waals surface area contributed by atoms with Gasteiger partial charge in [-0.3, -0.25) is 0 Å². The van der Waals surface area contributed by atoms with E-state index in [-0.39, 0.29) is 28.7 Å². The van der Waals surface area contributed by atoms with Gasteiger partial charge in [-0.05, 0) is 31.9 Å². The van der Waals surface area contributed by atoms with Gasteiger partial charge in [0.1, 0.15) is 12.4 Å². The third kappa shape index (κ3) is 6.24. The first-order chi connectivity index (χ1) is 12.6. The molecule has 1 heterocycles. The van der Waals surface area contributed by atoms with Crippen LogP contribution in [0.1, 0.15) is 24.5 Å². The summed E-state index contributed by atoms with van der Waals surface area (Å²) in [5.74, 6) is 2.52. The molecule has 8 heteroatoms. The number of hydrogen-bond donors (Lipinski definition) is 2. The lowest BCUT2D eigenvalue weighted by molar-refractivity contribution is 0.748. The van der Waals surface area contributed by atoms with Crippen molar-refractivity contribution in [3.63, 3.8) is 0 Å². The predicted octanol–water partition coefficient (Wildman–Crippen LogP) is 3.29. The van der Waals surface area contributed by atoms with E-state index >= 15 is 0 Å². The average Bonchev–Trinajstić information content (AvgIpc) is 3.35. The van der Waals surface area contributed by atoms with Crippen molar-refractivity contribution >= 4 is 41.7 Å². The highest BCUT2D eigenvalue weighted by Crippen LogP contribution is 2.51. The van der Waals surface area contributed by atoms with Crippen LogP contribution in [-0.2, 0) is 13.6 Å². The predicted molar refractivity (Wildman–Crippen MR) is 123 cm³/mol. The van der Waals surface area contributed by atoms with Crippen LogP contribution < -0.4 is 10.6 Å². The number of thioether (sulfide) groups is 1. The third-order valence-corrected chi connectivity index (χ3v) is 5.93. The smallest absolute Gasteiger partial charge is 0.192 e. The van der Waals surface area contributed by atoms with Gasteiger partial charge in [-0.15, -0.1) is 52.5 Å². The van der Waals surface area contributed by atoms with E-state index in [9.17, 15) is 0 Å². The Labute approximate surface area is 182 Å². The first kappa shape index (κ1) is 21.7. The Kier molecular flexibility index (Phi) is 8.15. The van der Waals surface area contributed by atoms with E-state index in [2.05, 4.69) is 62.7 Å². The lowest BCUT2D eigenvalue weighted by atomic mass is 10.4. The van der Waals surface area contributed by atoms with Crippen LogP contribution in [0.5, 0.6) is 0 Å². The van der Waals surface area contributed by atoms with Gasteiger partial charge in [0.25, 0.3) is 0 Å². The van der Waals surface area contributed by atoms with Crippen LogP contribution >= 0.6 is 35.7 Å². The lowest BCUT2D eigenvalue weighted by Gasteiger charge is -2.18. The minimum atomic E-state index is 0. The van der Waals surface area contributed by atoms with Crippen molar-refractivity contribution in [2.45, 2.75) is 36.0 Å². The zero-order chi connectivity index (χ0) is 18.4. The normalized spacial score (nSPS) is 15.0. The summed E-state index contributed by atoms with van der Waals surface area (Å²) in [6, 6.07) is 10.6. The van der Waals surface area contributed by atoms with Gasteiger partial charge in [0.15, 0.2) is 11.8 Å². The summed E-state index contributed by atoms with van der Waals surface area (Å²) >= 11 is 1.95. The molecule has 0 atom stereocenters. The van der Waals surface area contributed by atoms with Crippen LogP contribution in [0, 0.1) is 6.92 Å². The molecule has 6 nitrogen and oxygen atoms in total. The molecule has 3 rings (SSSR count). The molecule has 0 unspecified atom stereocenters. The summed E-state index contributed by atoms with van der Waals surface area (Å²) < 4.78 is 2.22. The quantitative estimate of drug-likeness (QED) is 0.253. The fourth-order valence-electron chi connectivity index (χ4n) is 2.52. The number of hydrogen-bond acceptors (Lipinski definition) is 4. The van der Waals surface area contributed by atoms with Crippen molar-refractivity contribution in [1.29, 1.82) is 0 Å². The SMILES string of the molecule is C=CCNC(=NCc1nnc(C)n1C)NCC1(Sc2ccccc2)CC1.I. The Morgan fingerprint density at radius 3 is 2.63 bits per heavy atom. The molecule has 0 radical (unpaired) electrons. The second-order valence-corrected chi connectivity index (χ2v) is 8.05. The molecule has 0 bridgehead atoms. The number of aromatic nitrogens is 3. The molecule has 0 amide bonds. The topological polar surface area (TPSA) is 67.1 Å². The molecule has 0 saturated heterocycles. The zero-order valence-corrected chi connectivity index (χ0v) is 19.0. The monoisotopic (exact) mass is 498 g/mol. The van der Waals surface area contributed by atoms with Crippen molar-refractivity contribution < 1.29 is 0 Å². The molecular formula is C19H27IN6S. The largest absolute Gasteiger partial charge is 0.355 e. The minimum absolute atomic E-state index is 0. The van der Waals surface area contributed by atoms with Crippen LogP contribution in [-0.4, -0.2) is 38.6 Å². The van der Waals surface area contributed by atoms with Gasteiger partial charge in [-0.2, -0.15) is 0 Å². The number of nitrogens with zero attached hydrogens (tertiary/aromatic N) is 4. The molecule has 0 aliphatic heterocycles. The molecule has 27 heavy (non-hydrogen) atoms. The molecule has 1 aromatic heterocycles. The molecule has 0 spiro atoms. The first-order valence-corrected chi connectivity index (χ1v) is 9.65. The van der Waals surface area contributed by atoms with E-state index in [1.54, 1.807) is 0 Å². The number of aliphatic imine (C=N–C) groups is 1. The van der Waals surface area contributed by atoms with Crippen molar-refractivity contribution in [2.24, 2.45) is 12.0 Å². The minimum Gasteiger partial charge on any atom is -0.355 e. The van der Waals surface area contributed by atoms with Gasteiger partial charge < -0.3 is 15.2 Å². The fourth-order valence-corrected chi connectivity index (χ4v) is 3.76. The Balaban J connectivity index is 0.00000261. The van der Waals surface area contributed by atoms with E-state index < -0.39 is 0 Å². The van der Waals surface area contributed by atoms with Crippen LogP contribution in [0.2, 0.25) is 0 Å². The van der Waals surface area contributed by atoms with E-state index in [1.165, 1.54) is 17.7 Å². The standard InChI is InChI=1S/C19H26N6S.HI/c1-4-12-20-18(21-13-17-24-23-15(2)25(17)3)22-14-19(10-11-19)26-16-8-6-5-7-9-16;/h4-9H,1,10-14H2,2-3H3,(H2,20,21,22);1H. The number of rotatable bonds is 8. The number of benzene rings is 1. The molecule has 146 valence electrons. The van der Waals surface area contributed by atoms with Crippen LogP contribution in [0.3, 0.4) is 0 Å². The maximum Gasteiger partial charge on any atom is 0.192 e. The molecule has 1 aliphatic carbocycles. The summed E-state index contributed by atoms with van der Waals surface area (Å²) in [6.45, 7) is 7.75. The van der Waals surface area contributed by atoms with E-state index in [4.69, 9.17) is 0 Å². The van der Waals surface area contributed by atoms with Crippen LogP contribution in [0.4, 0.5) is 0 Å².